The summed E-state index contributed by atoms with van der Waals surface area (Å²) in [4.78, 5) is 0. The van der Waals surface area contributed by atoms with E-state index in [1.54, 1.807) is 12.1 Å². The molecule has 2 nitrogen and oxygen atoms in total. The summed E-state index contributed by atoms with van der Waals surface area (Å²) in [6.07, 6.45) is 0. The van der Waals surface area contributed by atoms with Crippen molar-refractivity contribution in [1.82, 2.24) is 5.43 Å². The van der Waals surface area contributed by atoms with Crippen molar-refractivity contribution >= 4 is 15.9 Å². The zero-order valence-corrected chi connectivity index (χ0v) is 12.8. The fourth-order valence-corrected chi connectivity index (χ4v) is 2.59. The predicted octanol–water partition coefficient (Wildman–Crippen LogP) is 3.90. The molecule has 0 radical (unpaired) electrons. The van der Waals surface area contributed by atoms with Gasteiger partial charge in [-0.3, -0.25) is 5.84 Å². The van der Waals surface area contributed by atoms with Crippen LogP contribution in [0.15, 0.2) is 34.8 Å². The number of nitrogens with two attached hydrogens (primary N) is 1. The minimum Gasteiger partial charge on any atom is -0.271 e. The molecule has 0 amide bonds. The molecular weight excluding hydrogens is 326 g/mol. The van der Waals surface area contributed by atoms with E-state index in [2.05, 4.69) is 21.4 Å². The number of hydrazine groups is 1. The van der Waals surface area contributed by atoms with Crippen LogP contribution >= 0.6 is 15.9 Å². The molecule has 2 aromatic rings. The molecule has 2 aromatic carbocycles. The van der Waals surface area contributed by atoms with Gasteiger partial charge >= 0.3 is 0 Å². The zero-order valence-electron chi connectivity index (χ0n) is 11.2. The van der Waals surface area contributed by atoms with Gasteiger partial charge in [-0.25, -0.2) is 14.2 Å². The van der Waals surface area contributed by atoms with Crippen LogP contribution in [0, 0.1) is 25.5 Å². The lowest BCUT2D eigenvalue weighted by Gasteiger charge is -2.20. The van der Waals surface area contributed by atoms with Crippen LogP contribution in [0.5, 0.6) is 0 Å². The molecular formula is C15H15BrF2N2. The minimum absolute atomic E-state index is 0.182. The molecule has 0 aliphatic heterocycles. The Bertz CT molecular complexity index is 644. The van der Waals surface area contributed by atoms with Crippen molar-refractivity contribution in [3.8, 4) is 0 Å². The molecule has 0 spiro atoms. The number of hydrogen-bond donors (Lipinski definition) is 2. The van der Waals surface area contributed by atoms with Crippen molar-refractivity contribution in [2.45, 2.75) is 19.9 Å². The van der Waals surface area contributed by atoms with Gasteiger partial charge in [-0.2, -0.15) is 0 Å². The van der Waals surface area contributed by atoms with Gasteiger partial charge in [-0.1, -0.05) is 45.8 Å². The highest BCUT2D eigenvalue weighted by molar-refractivity contribution is 9.10. The molecule has 2 rings (SSSR count). The Morgan fingerprint density at radius 3 is 2.40 bits per heavy atom. The van der Waals surface area contributed by atoms with E-state index in [0.717, 1.165) is 15.6 Å². The number of hydrogen-bond acceptors (Lipinski definition) is 2. The summed E-state index contributed by atoms with van der Waals surface area (Å²) in [5, 5.41) is 0. The fourth-order valence-electron chi connectivity index (χ4n) is 2.12. The molecule has 0 saturated carbocycles. The zero-order chi connectivity index (χ0) is 14.9. The molecule has 0 saturated heterocycles. The van der Waals surface area contributed by atoms with E-state index in [4.69, 9.17) is 5.84 Å². The number of halogens is 3. The maximum absolute atomic E-state index is 14.1. The predicted molar refractivity (Wildman–Crippen MR) is 79.1 cm³/mol. The van der Waals surface area contributed by atoms with Gasteiger partial charge in [0, 0.05) is 10.0 Å². The largest absolute Gasteiger partial charge is 0.271 e. The SMILES string of the molecule is Cc1ccc(Br)c(C(NN)c2ccc(C)c(F)c2F)c1. The smallest absolute Gasteiger partial charge is 0.164 e. The lowest BCUT2D eigenvalue weighted by molar-refractivity contribution is 0.478. The van der Waals surface area contributed by atoms with Gasteiger partial charge in [0.1, 0.15) is 0 Å². The number of benzene rings is 2. The van der Waals surface area contributed by atoms with Gasteiger partial charge in [0.15, 0.2) is 11.6 Å². The third-order valence-electron chi connectivity index (χ3n) is 3.25. The normalized spacial score (nSPS) is 12.5. The molecule has 3 N–H and O–H groups in total. The van der Waals surface area contributed by atoms with Crippen LogP contribution in [-0.4, -0.2) is 0 Å². The maximum Gasteiger partial charge on any atom is 0.164 e. The van der Waals surface area contributed by atoms with Crippen LogP contribution in [0.25, 0.3) is 0 Å². The first-order valence-electron chi connectivity index (χ1n) is 6.12. The van der Waals surface area contributed by atoms with Crippen LogP contribution in [0.2, 0.25) is 0 Å². The fraction of sp³-hybridized carbons (Fsp3) is 0.200. The third-order valence-corrected chi connectivity index (χ3v) is 3.97. The summed E-state index contributed by atoms with van der Waals surface area (Å²) in [5.41, 5.74) is 4.77. The van der Waals surface area contributed by atoms with Gasteiger partial charge in [-0.15, -0.1) is 0 Å². The molecule has 1 unspecified atom stereocenters. The highest BCUT2D eigenvalue weighted by atomic mass is 79.9. The maximum atomic E-state index is 14.1. The Morgan fingerprint density at radius 1 is 1.05 bits per heavy atom. The van der Waals surface area contributed by atoms with Crippen molar-refractivity contribution in [1.29, 1.82) is 0 Å². The monoisotopic (exact) mass is 340 g/mol. The van der Waals surface area contributed by atoms with Crippen LogP contribution in [-0.2, 0) is 0 Å². The minimum atomic E-state index is -0.874. The van der Waals surface area contributed by atoms with Gasteiger partial charge in [0.25, 0.3) is 0 Å². The third kappa shape index (κ3) is 2.75. The standard InChI is InChI=1S/C15H15BrF2N2/c1-8-3-6-12(16)11(7-8)15(20-19)10-5-4-9(2)13(17)14(10)18/h3-7,15,20H,19H2,1-2H3. The van der Waals surface area contributed by atoms with Crippen LogP contribution in [0.4, 0.5) is 8.78 Å². The van der Waals surface area contributed by atoms with Crippen molar-refractivity contribution < 1.29 is 8.78 Å². The van der Waals surface area contributed by atoms with Crippen molar-refractivity contribution in [2.24, 2.45) is 5.84 Å². The van der Waals surface area contributed by atoms with E-state index < -0.39 is 17.7 Å². The second kappa shape index (κ2) is 5.99. The number of aryl methyl sites for hydroxylation is 2. The first-order valence-corrected chi connectivity index (χ1v) is 6.91. The molecule has 0 bridgehead atoms. The Balaban J connectivity index is 2.58. The molecule has 20 heavy (non-hydrogen) atoms. The van der Waals surface area contributed by atoms with Gasteiger partial charge in [-0.05, 0) is 31.0 Å². The van der Waals surface area contributed by atoms with Crippen molar-refractivity contribution in [3.63, 3.8) is 0 Å². The molecule has 106 valence electrons. The molecule has 1 atom stereocenters. The number of rotatable bonds is 3. The Morgan fingerprint density at radius 2 is 1.75 bits per heavy atom. The highest BCUT2D eigenvalue weighted by Gasteiger charge is 2.22. The van der Waals surface area contributed by atoms with E-state index in [0.29, 0.717) is 0 Å². The molecule has 0 heterocycles. The summed E-state index contributed by atoms with van der Waals surface area (Å²) in [7, 11) is 0. The lowest BCUT2D eigenvalue weighted by Crippen LogP contribution is -2.30. The van der Waals surface area contributed by atoms with Crippen molar-refractivity contribution in [2.75, 3.05) is 0 Å². The summed E-state index contributed by atoms with van der Waals surface area (Å²) < 4.78 is 28.6. The van der Waals surface area contributed by atoms with Crippen LogP contribution in [0.1, 0.15) is 28.3 Å². The van der Waals surface area contributed by atoms with E-state index >= 15 is 0 Å². The van der Waals surface area contributed by atoms with E-state index in [-0.39, 0.29) is 11.1 Å². The quantitative estimate of drug-likeness (QED) is 0.656. The average Bonchev–Trinajstić information content (AvgIpc) is 2.43. The van der Waals surface area contributed by atoms with E-state index in [9.17, 15) is 8.78 Å². The van der Waals surface area contributed by atoms with Gasteiger partial charge in [0.05, 0.1) is 6.04 Å². The average molecular weight is 341 g/mol. The summed E-state index contributed by atoms with van der Waals surface area (Å²) in [6.45, 7) is 3.45. The Hall–Kier alpha value is -1.30. The van der Waals surface area contributed by atoms with Crippen molar-refractivity contribution in [3.05, 3.63) is 68.7 Å². The molecule has 0 aromatic heterocycles. The lowest BCUT2D eigenvalue weighted by atomic mass is 9.96. The van der Waals surface area contributed by atoms with Gasteiger partial charge < -0.3 is 0 Å². The summed E-state index contributed by atoms with van der Waals surface area (Å²) in [6, 6.07) is 8.13. The first-order chi connectivity index (χ1) is 9.45. The van der Waals surface area contributed by atoms with Crippen LogP contribution in [0.3, 0.4) is 0 Å². The first kappa shape index (κ1) is 15.1. The van der Waals surface area contributed by atoms with Gasteiger partial charge in [0.2, 0.25) is 0 Å². The summed E-state index contributed by atoms with van der Waals surface area (Å²) in [5.74, 6) is 3.84. The van der Waals surface area contributed by atoms with Crippen LogP contribution < -0.4 is 11.3 Å². The topological polar surface area (TPSA) is 38.0 Å². The molecule has 0 fully saturated rings. The molecule has 5 heteroatoms. The molecule has 0 aliphatic rings. The van der Waals surface area contributed by atoms with E-state index in [1.165, 1.54) is 6.92 Å². The second-order valence-electron chi connectivity index (χ2n) is 4.72. The Kier molecular flexibility index (Phi) is 4.52. The Labute approximate surface area is 125 Å². The molecule has 0 aliphatic carbocycles. The second-order valence-corrected chi connectivity index (χ2v) is 5.58. The van der Waals surface area contributed by atoms with E-state index in [1.807, 2.05) is 25.1 Å². The summed E-state index contributed by atoms with van der Waals surface area (Å²) >= 11 is 3.41. The number of nitrogens with one attached hydrogen (secondary N) is 1. The highest BCUT2D eigenvalue weighted by Crippen LogP contribution is 2.31.